The predicted octanol–water partition coefficient (Wildman–Crippen LogP) is 0.622. The Balaban J connectivity index is 2.02. The molecule has 2 amide bonds. The fourth-order valence-electron chi connectivity index (χ4n) is 2.44. The summed E-state index contributed by atoms with van der Waals surface area (Å²) in [7, 11) is 1.67. The minimum atomic E-state index is -0.897. The number of amides is 2. The summed E-state index contributed by atoms with van der Waals surface area (Å²) in [5.41, 5.74) is 0. The summed E-state index contributed by atoms with van der Waals surface area (Å²) in [6.45, 7) is 3.11. The molecule has 102 valence electrons. The van der Waals surface area contributed by atoms with Crippen LogP contribution in [0.1, 0.15) is 19.8 Å². The van der Waals surface area contributed by atoms with Crippen molar-refractivity contribution >= 4 is 12.0 Å². The summed E-state index contributed by atoms with van der Waals surface area (Å²) < 4.78 is 5.20. The van der Waals surface area contributed by atoms with Crippen molar-refractivity contribution in [2.45, 2.75) is 31.8 Å². The predicted molar refractivity (Wildman–Crippen MR) is 64.3 cm³/mol. The van der Waals surface area contributed by atoms with E-state index in [1.807, 2.05) is 11.8 Å². The third-order valence-electron chi connectivity index (χ3n) is 3.74. The zero-order valence-corrected chi connectivity index (χ0v) is 10.8. The first-order valence-electron chi connectivity index (χ1n) is 6.40. The lowest BCUT2D eigenvalue weighted by molar-refractivity contribution is -0.142. The molecule has 1 N–H and O–H groups in total. The smallest absolute Gasteiger partial charge is 0.320 e. The Morgan fingerprint density at radius 1 is 1.33 bits per heavy atom. The Kier molecular flexibility index (Phi) is 3.75. The highest BCUT2D eigenvalue weighted by Crippen LogP contribution is 2.28. The summed E-state index contributed by atoms with van der Waals surface area (Å²) in [5, 5.41) is 9.10. The molecule has 1 saturated heterocycles. The van der Waals surface area contributed by atoms with Crippen LogP contribution in [0.4, 0.5) is 4.79 Å². The maximum Gasteiger partial charge on any atom is 0.320 e. The summed E-state index contributed by atoms with van der Waals surface area (Å²) in [5.74, 6) is -1.51. The molecule has 0 radical (unpaired) electrons. The van der Waals surface area contributed by atoms with Crippen molar-refractivity contribution in [3.8, 4) is 0 Å². The molecule has 2 aliphatic rings. The van der Waals surface area contributed by atoms with Gasteiger partial charge in [0.1, 0.15) is 5.92 Å². The molecule has 18 heavy (non-hydrogen) atoms. The molecule has 1 saturated carbocycles. The maximum absolute atomic E-state index is 12.3. The molecule has 6 heteroatoms. The fourth-order valence-corrected chi connectivity index (χ4v) is 2.44. The van der Waals surface area contributed by atoms with Crippen molar-refractivity contribution in [1.82, 2.24) is 9.80 Å². The third-order valence-corrected chi connectivity index (χ3v) is 3.74. The highest BCUT2D eigenvalue weighted by Gasteiger charge is 2.41. The van der Waals surface area contributed by atoms with Crippen LogP contribution in [0.2, 0.25) is 0 Å². The monoisotopic (exact) mass is 256 g/mol. The number of carbonyl (C=O) groups excluding carboxylic acids is 1. The van der Waals surface area contributed by atoms with Crippen LogP contribution in [0.25, 0.3) is 0 Å². The molecule has 0 bridgehead atoms. The lowest BCUT2D eigenvalue weighted by Crippen LogP contribution is -2.50. The van der Waals surface area contributed by atoms with E-state index in [2.05, 4.69) is 0 Å². The first-order chi connectivity index (χ1) is 8.56. The molecular weight excluding hydrogens is 236 g/mol. The summed E-state index contributed by atoms with van der Waals surface area (Å²) >= 11 is 0. The van der Waals surface area contributed by atoms with Crippen molar-refractivity contribution in [2.24, 2.45) is 5.92 Å². The number of hydrogen-bond donors (Lipinski definition) is 1. The molecule has 1 heterocycles. The molecule has 0 spiro atoms. The van der Waals surface area contributed by atoms with Gasteiger partial charge in [0, 0.05) is 19.6 Å². The second-order valence-electron chi connectivity index (χ2n) is 4.96. The summed E-state index contributed by atoms with van der Waals surface area (Å²) in [6, 6.07) is -0.0971. The van der Waals surface area contributed by atoms with Gasteiger partial charge in [-0.05, 0) is 19.8 Å². The summed E-state index contributed by atoms with van der Waals surface area (Å²) in [4.78, 5) is 26.8. The van der Waals surface area contributed by atoms with Crippen LogP contribution in [-0.4, -0.2) is 65.8 Å². The lowest BCUT2D eigenvalue weighted by Gasteiger charge is -2.32. The number of ether oxygens (including phenoxy) is 1. The van der Waals surface area contributed by atoms with E-state index in [1.165, 1.54) is 4.90 Å². The van der Waals surface area contributed by atoms with Gasteiger partial charge in [0.25, 0.3) is 0 Å². The minimum Gasteiger partial charge on any atom is -0.481 e. The molecule has 1 aliphatic carbocycles. The van der Waals surface area contributed by atoms with Gasteiger partial charge in [0.15, 0.2) is 0 Å². The van der Waals surface area contributed by atoms with Gasteiger partial charge in [0.2, 0.25) is 0 Å². The number of likely N-dealkylation sites (N-methyl/N-ethyl adjacent to an activating group) is 1. The number of carboxylic acid groups (broad SMARTS) is 1. The second-order valence-corrected chi connectivity index (χ2v) is 4.96. The van der Waals surface area contributed by atoms with Crippen LogP contribution < -0.4 is 0 Å². The van der Waals surface area contributed by atoms with Gasteiger partial charge in [-0.15, -0.1) is 0 Å². The number of nitrogens with zero attached hydrogens (tertiary/aromatic N) is 2. The Bertz CT molecular complexity index is 343. The van der Waals surface area contributed by atoms with Crippen molar-refractivity contribution < 1.29 is 19.4 Å². The number of carboxylic acids is 1. The average Bonchev–Trinajstić information content (AvgIpc) is 3.04. The Labute approximate surface area is 106 Å². The first-order valence-corrected chi connectivity index (χ1v) is 6.40. The number of hydrogen-bond acceptors (Lipinski definition) is 3. The zero-order valence-electron chi connectivity index (χ0n) is 10.8. The van der Waals surface area contributed by atoms with E-state index >= 15 is 0 Å². The molecule has 2 unspecified atom stereocenters. The van der Waals surface area contributed by atoms with Gasteiger partial charge < -0.3 is 19.6 Å². The van der Waals surface area contributed by atoms with Crippen molar-refractivity contribution in [3.63, 3.8) is 0 Å². The van der Waals surface area contributed by atoms with Crippen molar-refractivity contribution in [1.29, 1.82) is 0 Å². The average molecular weight is 256 g/mol. The highest BCUT2D eigenvalue weighted by atomic mass is 16.5. The van der Waals surface area contributed by atoms with Crippen LogP contribution >= 0.6 is 0 Å². The Morgan fingerprint density at radius 2 is 2.00 bits per heavy atom. The minimum absolute atomic E-state index is 0.0817. The van der Waals surface area contributed by atoms with Gasteiger partial charge in [0.05, 0.1) is 19.3 Å². The van der Waals surface area contributed by atoms with Gasteiger partial charge in [-0.3, -0.25) is 4.79 Å². The van der Waals surface area contributed by atoms with Crippen LogP contribution in [0.3, 0.4) is 0 Å². The highest BCUT2D eigenvalue weighted by molar-refractivity contribution is 5.77. The van der Waals surface area contributed by atoms with E-state index in [0.29, 0.717) is 19.2 Å². The van der Waals surface area contributed by atoms with E-state index in [9.17, 15) is 9.59 Å². The first kappa shape index (κ1) is 13.1. The third kappa shape index (κ3) is 2.43. The van der Waals surface area contributed by atoms with Crippen LogP contribution in [-0.2, 0) is 9.53 Å². The number of rotatable bonds is 4. The number of aliphatic carboxylic acids is 1. The molecule has 0 aromatic carbocycles. The van der Waals surface area contributed by atoms with Gasteiger partial charge in [-0.2, -0.15) is 0 Å². The number of carbonyl (C=O) groups is 2. The zero-order chi connectivity index (χ0) is 13.3. The van der Waals surface area contributed by atoms with Crippen molar-refractivity contribution in [2.75, 3.05) is 26.8 Å². The van der Waals surface area contributed by atoms with Crippen LogP contribution in [0.15, 0.2) is 0 Å². The molecule has 2 fully saturated rings. The van der Waals surface area contributed by atoms with E-state index < -0.39 is 11.9 Å². The number of urea groups is 1. The molecule has 6 nitrogen and oxygen atoms in total. The Morgan fingerprint density at radius 3 is 2.50 bits per heavy atom. The normalized spacial score (nSPS) is 27.0. The fraction of sp³-hybridized carbons (Fsp3) is 0.833. The Hall–Kier alpha value is -1.30. The molecule has 0 aromatic heterocycles. The van der Waals surface area contributed by atoms with Gasteiger partial charge >= 0.3 is 12.0 Å². The van der Waals surface area contributed by atoms with E-state index in [-0.39, 0.29) is 18.7 Å². The molecule has 0 aromatic rings. The van der Waals surface area contributed by atoms with E-state index in [0.717, 1.165) is 12.8 Å². The topological polar surface area (TPSA) is 70.1 Å². The molecular formula is C12H20N2O4. The van der Waals surface area contributed by atoms with Gasteiger partial charge in [-0.25, -0.2) is 4.79 Å². The second kappa shape index (κ2) is 5.14. The largest absolute Gasteiger partial charge is 0.481 e. The summed E-state index contributed by atoms with van der Waals surface area (Å²) in [6.07, 6.45) is 2.11. The van der Waals surface area contributed by atoms with E-state index in [1.54, 1.807) is 7.05 Å². The SMILES string of the molecule is CCN(C(=O)N(C)C1COCC1C(=O)O)C1CC1. The van der Waals surface area contributed by atoms with Crippen LogP contribution in [0, 0.1) is 5.92 Å². The molecule has 2 atom stereocenters. The van der Waals surface area contributed by atoms with Crippen LogP contribution in [0.5, 0.6) is 0 Å². The quantitative estimate of drug-likeness (QED) is 0.800. The van der Waals surface area contributed by atoms with Gasteiger partial charge in [-0.1, -0.05) is 0 Å². The standard InChI is InChI=1S/C12H20N2O4/c1-3-14(8-4-5-8)12(17)13(2)10-7-18-6-9(10)11(15)16/h8-10H,3-7H2,1-2H3,(H,15,16). The van der Waals surface area contributed by atoms with E-state index in [4.69, 9.17) is 9.84 Å². The molecule has 1 aliphatic heterocycles. The molecule has 2 rings (SSSR count). The van der Waals surface area contributed by atoms with Crippen molar-refractivity contribution in [3.05, 3.63) is 0 Å². The maximum atomic E-state index is 12.3. The lowest BCUT2D eigenvalue weighted by atomic mass is 10.0.